The van der Waals surface area contributed by atoms with Crippen LogP contribution in [0.25, 0.3) is 0 Å². The van der Waals surface area contributed by atoms with Crippen LogP contribution in [-0.2, 0) is 11.9 Å². The largest absolute Gasteiger partial charge is 0.496 e. The molecule has 1 N–H and O–H groups in total. The fourth-order valence-corrected chi connectivity index (χ4v) is 2.83. The topological polar surface area (TPSA) is 34.4 Å². The summed E-state index contributed by atoms with van der Waals surface area (Å²) >= 11 is 1.35. The van der Waals surface area contributed by atoms with Gasteiger partial charge < -0.3 is 14.5 Å². The Bertz CT molecular complexity index is 588. The molecule has 0 unspecified atom stereocenters. The van der Waals surface area contributed by atoms with Gasteiger partial charge >= 0.3 is 6.18 Å². The Morgan fingerprint density at radius 3 is 2.57 bits per heavy atom. The van der Waals surface area contributed by atoms with Crippen LogP contribution in [0.2, 0.25) is 0 Å². The number of anilines is 1. The quantitative estimate of drug-likeness (QED) is 0.815. The summed E-state index contributed by atoms with van der Waals surface area (Å²) in [6, 6.07) is 7.78. The third-order valence-corrected chi connectivity index (χ3v) is 3.91. The Hall–Kier alpha value is -1.76. The molecule has 1 aromatic carbocycles. The number of alkyl halides is 3. The monoisotopic (exact) mass is 317 g/mol. The summed E-state index contributed by atoms with van der Waals surface area (Å²) in [5.74, 6) is 0.229. The third kappa shape index (κ3) is 3.66. The van der Waals surface area contributed by atoms with E-state index in [-0.39, 0.29) is 11.5 Å². The van der Waals surface area contributed by atoms with Gasteiger partial charge in [-0.1, -0.05) is 6.07 Å². The van der Waals surface area contributed by atoms with E-state index in [2.05, 4.69) is 5.32 Å². The maximum atomic E-state index is 12.5. The highest BCUT2D eigenvalue weighted by Crippen LogP contribution is 2.38. The van der Waals surface area contributed by atoms with E-state index in [1.807, 2.05) is 12.1 Å². The van der Waals surface area contributed by atoms with Crippen LogP contribution < -0.4 is 10.1 Å². The standard InChI is InChI=1S/C14H14F3NO2S/c1-18-10-4-3-5-11(19-2)13(10)21-8-9-6-7-12(20-9)14(15,16)17/h3-7,18H,8H2,1-2H3. The van der Waals surface area contributed by atoms with E-state index < -0.39 is 11.9 Å². The van der Waals surface area contributed by atoms with Crippen LogP contribution in [0.1, 0.15) is 11.5 Å². The SMILES string of the molecule is CNc1cccc(OC)c1SCc1ccc(C(F)(F)F)o1. The molecule has 0 fully saturated rings. The Morgan fingerprint density at radius 1 is 1.24 bits per heavy atom. The zero-order valence-electron chi connectivity index (χ0n) is 11.5. The van der Waals surface area contributed by atoms with E-state index in [0.29, 0.717) is 5.75 Å². The first-order valence-corrected chi connectivity index (χ1v) is 7.07. The average molecular weight is 317 g/mol. The van der Waals surface area contributed by atoms with Gasteiger partial charge in [-0.3, -0.25) is 0 Å². The fraction of sp³-hybridized carbons (Fsp3) is 0.286. The van der Waals surface area contributed by atoms with Crippen molar-refractivity contribution >= 4 is 17.4 Å². The van der Waals surface area contributed by atoms with E-state index in [4.69, 9.17) is 9.15 Å². The highest BCUT2D eigenvalue weighted by atomic mass is 32.2. The van der Waals surface area contributed by atoms with Crippen LogP contribution in [0.4, 0.5) is 18.9 Å². The molecule has 2 aromatic rings. The number of methoxy groups -OCH3 is 1. The maximum Gasteiger partial charge on any atom is 0.449 e. The van der Waals surface area contributed by atoms with Gasteiger partial charge in [-0.2, -0.15) is 13.2 Å². The maximum absolute atomic E-state index is 12.5. The van der Waals surface area contributed by atoms with Crippen molar-refractivity contribution in [1.29, 1.82) is 0 Å². The highest BCUT2D eigenvalue weighted by molar-refractivity contribution is 7.98. The predicted molar refractivity (Wildman–Crippen MR) is 75.8 cm³/mol. The summed E-state index contributed by atoms with van der Waals surface area (Å²) in [7, 11) is 3.32. The van der Waals surface area contributed by atoms with Crippen molar-refractivity contribution in [3.8, 4) is 5.75 Å². The van der Waals surface area contributed by atoms with Gasteiger partial charge in [0.05, 0.1) is 23.4 Å². The Kier molecular flexibility index (Phi) is 4.72. The van der Waals surface area contributed by atoms with Gasteiger partial charge in [0.15, 0.2) is 0 Å². The lowest BCUT2D eigenvalue weighted by molar-refractivity contribution is -0.153. The molecule has 21 heavy (non-hydrogen) atoms. The van der Waals surface area contributed by atoms with Crippen LogP contribution in [0.15, 0.2) is 39.6 Å². The van der Waals surface area contributed by atoms with Gasteiger partial charge in [0.2, 0.25) is 5.76 Å². The Morgan fingerprint density at radius 2 is 2.00 bits per heavy atom. The van der Waals surface area contributed by atoms with Crippen LogP contribution >= 0.6 is 11.8 Å². The van der Waals surface area contributed by atoms with Crippen molar-refractivity contribution in [2.45, 2.75) is 16.8 Å². The molecule has 0 saturated heterocycles. The molecule has 0 spiro atoms. The normalized spacial score (nSPS) is 11.5. The number of benzene rings is 1. The molecule has 0 amide bonds. The van der Waals surface area contributed by atoms with Crippen molar-refractivity contribution in [2.75, 3.05) is 19.5 Å². The van der Waals surface area contributed by atoms with Gasteiger partial charge in [0.25, 0.3) is 0 Å². The first kappa shape index (κ1) is 15.6. The number of ether oxygens (including phenoxy) is 1. The third-order valence-electron chi connectivity index (χ3n) is 2.77. The minimum absolute atomic E-state index is 0.264. The Balaban J connectivity index is 2.15. The molecule has 7 heteroatoms. The highest BCUT2D eigenvalue weighted by Gasteiger charge is 2.34. The summed E-state index contributed by atoms with van der Waals surface area (Å²) in [6.07, 6.45) is -4.45. The molecule has 0 atom stereocenters. The summed E-state index contributed by atoms with van der Waals surface area (Å²) in [4.78, 5) is 0.826. The van der Waals surface area contributed by atoms with Gasteiger partial charge in [-0.15, -0.1) is 11.8 Å². The number of halogens is 3. The second-order valence-corrected chi connectivity index (χ2v) is 5.12. The second kappa shape index (κ2) is 6.34. The van der Waals surface area contributed by atoms with Gasteiger partial charge in [-0.05, 0) is 24.3 Å². The van der Waals surface area contributed by atoms with Crippen molar-refractivity contribution in [1.82, 2.24) is 0 Å². The predicted octanol–water partition coefficient (Wildman–Crippen LogP) is 4.64. The summed E-state index contributed by atoms with van der Waals surface area (Å²) in [5, 5.41) is 3.02. The molecule has 2 rings (SSSR count). The molecule has 0 aliphatic rings. The van der Waals surface area contributed by atoms with E-state index in [1.165, 1.54) is 17.8 Å². The smallest absolute Gasteiger partial charge is 0.449 e. The minimum atomic E-state index is -4.45. The van der Waals surface area contributed by atoms with E-state index >= 15 is 0 Å². The molecule has 0 bridgehead atoms. The minimum Gasteiger partial charge on any atom is -0.496 e. The van der Waals surface area contributed by atoms with Crippen LogP contribution in [0.3, 0.4) is 0 Å². The number of hydrogen-bond acceptors (Lipinski definition) is 4. The van der Waals surface area contributed by atoms with Crippen LogP contribution in [0.5, 0.6) is 5.75 Å². The molecule has 1 heterocycles. The summed E-state index contributed by atoms with van der Waals surface area (Å²) < 4.78 is 47.5. The second-order valence-electron chi connectivity index (χ2n) is 4.14. The van der Waals surface area contributed by atoms with Crippen molar-refractivity contribution in [3.05, 3.63) is 41.9 Å². The molecule has 3 nitrogen and oxygen atoms in total. The molecule has 0 aliphatic heterocycles. The number of furan rings is 1. The molecular weight excluding hydrogens is 303 g/mol. The molecule has 0 saturated carbocycles. The van der Waals surface area contributed by atoms with Crippen LogP contribution in [0, 0.1) is 0 Å². The van der Waals surface area contributed by atoms with Gasteiger partial charge in [0.1, 0.15) is 11.5 Å². The zero-order valence-corrected chi connectivity index (χ0v) is 12.3. The number of rotatable bonds is 5. The van der Waals surface area contributed by atoms with E-state index in [0.717, 1.165) is 16.6 Å². The molecule has 0 aliphatic carbocycles. The average Bonchev–Trinajstić information content (AvgIpc) is 2.93. The van der Waals surface area contributed by atoms with Crippen molar-refractivity contribution in [3.63, 3.8) is 0 Å². The van der Waals surface area contributed by atoms with Gasteiger partial charge in [0, 0.05) is 7.05 Å². The molecule has 0 radical (unpaired) electrons. The first-order chi connectivity index (χ1) is 9.95. The zero-order chi connectivity index (χ0) is 15.5. The van der Waals surface area contributed by atoms with Crippen LogP contribution in [-0.4, -0.2) is 14.2 Å². The number of thioether (sulfide) groups is 1. The summed E-state index contributed by atoms with van der Waals surface area (Å²) in [6.45, 7) is 0. The van der Waals surface area contributed by atoms with Gasteiger partial charge in [-0.25, -0.2) is 0 Å². The molecule has 1 aromatic heterocycles. The van der Waals surface area contributed by atoms with Crippen molar-refractivity contribution in [2.24, 2.45) is 0 Å². The van der Waals surface area contributed by atoms with E-state index in [9.17, 15) is 13.2 Å². The summed E-state index contributed by atoms with van der Waals surface area (Å²) in [5.41, 5.74) is 0.849. The lowest BCUT2D eigenvalue weighted by Crippen LogP contribution is -2.02. The number of hydrogen-bond donors (Lipinski definition) is 1. The molecule has 114 valence electrons. The number of nitrogens with one attached hydrogen (secondary N) is 1. The van der Waals surface area contributed by atoms with E-state index in [1.54, 1.807) is 20.2 Å². The lowest BCUT2D eigenvalue weighted by atomic mass is 10.3. The first-order valence-electron chi connectivity index (χ1n) is 6.09. The van der Waals surface area contributed by atoms with Crippen molar-refractivity contribution < 1.29 is 22.3 Å². The lowest BCUT2D eigenvalue weighted by Gasteiger charge is -2.12. The molecular formula is C14H14F3NO2S. The fourth-order valence-electron chi connectivity index (χ4n) is 1.77. The Labute approximate surface area is 124 Å².